The summed E-state index contributed by atoms with van der Waals surface area (Å²) in [5, 5.41) is 3.36. The minimum Gasteiger partial charge on any atom is -0.379 e. The average Bonchev–Trinajstić information content (AvgIpc) is 2.12. The number of nitrogens with one attached hydrogen (secondary N) is 1. The summed E-state index contributed by atoms with van der Waals surface area (Å²) in [5.74, 6) is 0.249. The molecule has 0 fully saturated rings. The Morgan fingerprint density at radius 1 is 1.00 bits per heavy atom. The lowest BCUT2D eigenvalue weighted by molar-refractivity contribution is -0.138. The van der Waals surface area contributed by atoms with E-state index in [1.807, 2.05) is 34.6 Å². The van der Waals surface area contributed by atoms with Crippen LogP contribution in [0.25, 0.3) is 0 Å². The van der Waals surface area contributed by atoms with Gasteiger partial charge in [0.15, 0.2) is 0 Å². The lowest BCUT2D eigenvalue weighted by Crippen LogP contribution is -2.40. The molecule has 0 aliphatic heterocycles. The zero-order valence-corrected chi connectivity index (χ0v) is 13.4. The maximum atomic E-state index is 12.2. The van der Waals surface area contributed by atoms with Crippen LogP contribution in [0.3, 0.4) is 0 Å². The van der Waals surface area contributed by atoms with Crippen LogP contribution < -0.4 is 5.32 Å². The summed E-state index contributed by atoms with van der Waals surface area (Å²) in [6.45, 7) is 18.1. The van der Waals surface area contributed by atoms with Gasteiger partial charge in [0.25, 0.3) is 0 Å². The van der Waals surface area contributed by atoms with Crippen molar-refractivity contribution < 1.29 is 9.53 Å². The molecule has 1 N–H and O–H groups in total. The van der Waals surface area contributed by atoms with Crippen LogP contribution in [0.5, 0.6) is 0 Å². The number of carbonyl (C=O) groups is 1. The maximum Gasteiger partial charge on any atom is 0.146 e. The molecule has 0 saturated heterocycles. The summed E-state index contributed by atoms with van der Waals surface area (Å²) < 4.78 is 5.63. The van der Waals surface area contributed by atoms with Gasteiger partial charge >= 0.3 is 0 Å². The Morgan fingerprint density at radius 3 is 1.89 bits per heavy atom. The highest BCUT2D eigenvalue weighted by Gasteiger charge is 2.36. The second kappa shape index (κ2) is 6.16. The van der Waals surface area contributed by atoms with Crippen LogP contribution in [0.15, 0.2) is 0 Å². The highest BCUT2D eigenvalue weighted by atomic mass is 16.5. The summed E-state index contributed by atoms with van der Waals surface area (Å²) in [6.07, 6.45) is 0. The van der Waals surface area contributed by atoms with Crippen molar-refractivity contribution in [3.63, 3.8) is 0 Å². The molecule has 0 aliphatic rings. The minimum atomic E-state index is -0.417. The largest absolute Gasteiger partial charge is 0.379 e. The zero-order valence-electron chi connectivity index (χ0n) is 13.4. The van der Waals surface area contributed by atoms with Crippen LogP contribution in [-0.2, 0) is 9.53 Å². The van der Waals surface area contributed by atoms with Crippen molar-refractivity contribution in [2.24, 2.45) is 10.8 Å². The first-order chi connectivity index (χ1) is 7.86. The van der Waals surface area contributed by atoms with E-state index in [0.717, 1.165) is 6.54 Å². The van der Waals surface area contributed by atoms with E-state index < -0.39 is 5.41 Å². The molecule has 0 aliphatic carbocycles. The van der Waals surface area contributed by atoms with E-state index in [4.69, 9.17) is 4.74 Å². The summed E-state index contributed by atoms with van der Waals surface area (Å²) in [5.41, 5.74) is -0.614. The molecule has 3 nitrogen and oxygen atoms in total. The van der Waals surface area contributed by atoms with E-state index in [2.05, 4.69) is 26.1 Å². The predicted octanol–water partition coefficient (Wildman–Crippen LogP) is 3.03. The van der Waals surface area contributed by atoms with Gasteiger partial charge in [0.05, 0.1) is 13.2 Å². The van der Waals surface area contributed by atoms with Gasteiger partial charge in [-0.3, -0.25) is 4.79 Å². The Kier molecular flexibility index (Phi) is 6.02. The molecule has 0 spiro atoms. The molecule has 108 valence electrons. The highest BCUT2D eigenvalue weighted by Crippen LogP contribution is 2.29. The molecule has 0 aromatic heterocycles. The molecule has 0 aromatic rings. The van der Waals surface area contributed by atoms with E-state index >= 15 is 0 Å². The monoisotopic (exact) mass is 257 g/mol. The van der Waals surface area contributed by atoms with Gasteiger partial charge in [-0.2, -0.15) is 0 Å². The fourth-order valence-corrected chi connectivity index (χ4v) is 1.91. The fraction of sp³-hybridized carbons (Fsp3) is 0.933. The Bertz CT molecular complexity index is 269. The smallest absolute Gasteiger partial charge is 0.146 e. The third-order valence-corrected chi connectivity index (χ3v) is 2.66. The van der Waals surface area contributed by atoms with Crippen molar-refractivity contribution in [3.05, 3.63) is 0 Å². The summed E-state index contributed by atoms with van der Waals surface area (Å²) in [6, 6.07) is 0. The predicted molar refractivity (Wildman–Crippen MR) is 76.8 cm³/mol. The van der Waals surface area contributed by atoms with Gasteiger partial charge < -0.3 is 10.1 Å². The molecule has 0 bridgehead atoms. The Balaban J connectivity index is 4.03. The van der Waals surface area contributed by atoms with Crippen LogP contribution in [0.2, 0.25) is 0 Å². The van der Waals surface area contributed by atoms with E-state index in [9.17, 15) is 4.79 Å². The second-order valence-corrected chi connectivity index (χ2v) is 7.69. The Labute approximate surface area is 113 Å². The van der Waals surface area contributed by atoms with Crippen LogP contribution in [0, 0.1) is 10.8 Å². The molecule has 0 saturated carbocycles. The Hall–Kier alpha value is -0.410. The first kappa shape index (κ1) is 17.6. The molecule has 3 heteroatoms. The number of Topliss-reactive ketones (excluding diaryl/α,β-unsaturated/α-hetero) is 1. The van der Waals surface area contributed by atoms with Crippen molar-refractivity contribution in [1.29, 1.82) is 0 Å². The van der Waals surface area contributed by atoms with Crippen molar-refractivity contribution in [1.82, 2.24) is 5.32 Å². The third kappa shape index (κ3) is 7.12. The van der Waals surface area contributed by atoms with E-state index in [1.165, 1.54) is 0 Å². The number of rotatable bonds is 6. The summed E-state index contributed by atoms with van der Waals surface area (Å²) in [7, 11) is 0. The number of ketones is 1. The van der Waals surface area contributed by atoms with Crippen molar-refractivity contribution in [2.75, 3.05) is 19.8 Å². The number of ether oxygens (including phenoxy) is 1. The third-order valence-electron chi connectivity index (χ3n) is 2.66. The molecule has 0 rings (SSSR count). The van der Waals surface area contributed by atoms with Gasteiger partial charge in [-0.25, -0.2) is 0 Å². The van der Waals surface area contributed by atoms with Crippen LogP contribution in [0.4, 0.5) is 0 Å². The van der Waals surface area contributed by atoms with E-state index in [1.54, 1.807) is 0 Å². The molecular formula is C15H31NO2. The minimum absolute atomic E-state index is 0.111. The second-order valence-electron chi connectivity index (χ2n) is 7.69. The van der Waals surface area contributed by atoms with Crippen molar-refractivity contribution in [3.8, 4) is 0 Å². The van der Waals surface area contributed by atoms with Gasteiger partial charge in [0.1, 0.15) is 5.78 Å². The van der Waals surface area contributed by atoms with Crippen LogP contribution in [0.1, 0.15) is 55.4 Å². The summed E-state index contributed by atoms with van der Waals surface area (Å²) in [4.78, 5) is 12.2. The lowest BCUT2D eigenvalue weighted by Gasteiger charge is -2.30. The molecule has 18 heavy (non-hydrogen) atoms. The maximum absolute atomic E-state index is 12.2. The molecule has 0 aromatic carbocycles. The molecular weight excluding hydrogens is 226 g/mol. The van der Waals surface area contributed by atoms with Gasteiger partial charge in [-0.05, 0) is 20.8 Å². The van der Waals surface area contributed by atoms with Gasteiger partial charge in [-0.1, -0.05) is 34.6 Å². The first-order valence-corrected chi connectivity index (χ1v) is 6.74. The number of carbonyl (C=O) groups excluding carboxylic acids is 1. The first-order valence-electron chi connectivity index (χ1n) is 6.74. The summed E-state index contributed by atoms with van der Waals surface area (Å²) >= 11 is 0. The Morgan fingerprint density at radius 2 is 1.50 bits per heavy atom. The highest BCUT2D eigenvalue weighted by molar-refractivity contribution is 5.88. The normalized spacial score (nSPS) is 13.8. The van der Waals surface area contributed by atoms with Crippen molar-refractivity contribution in [2.45, 2.75) is 60.9 Å². The van der Waals surface area contributed by atoms with Gasteiger partial charge in [0.2, 0.25) is 0 Å². The van der Waals surface area contributed by atoms with E-state index in [-0.39, 0.29) is 16.7 Å². The molecule has 0 radical (unpaired) electrons. The number of hydrogen-bond donors (Lipinski definition) is 1. The quantitative estimate of drug-likeness (QED) is 0.743. The lowest BCUT2D eigenvalue weighted by atomic mass is 9.75. The number of hydrogen-bond acceptors (Lipinski definition) is 3. The molecule has 0 amide bonds. The van der Waals surface area contributed by atoms with E-state index in [0.29, 0.717) is 13.2 Å². The average molecular weight is 257 g/mol. The topological polar surface area (TPSA) is 38.3 Å². The molecule has 0 heterocycles. The standard InChI is InChI=1S/C15H31NO2/c1-13(2,3)12(17)15(7,8)11-18-10-9-16-14(4,5)6/h16H,9-11H2,1-8H3. The van der Waals surface area contributed by atoms with Gasteiger partial charge in [-0.15, -0.1) is 0 Å². The SMILES string of the molecule is CC(C)(C)NCCOCC(C)(C)C(=O)C(C)(C)C. The van der Waals surface area contributed by atoms with Crippen molar-refractivity contribution >= 4 is 5.78 Å². The molecule has 0 unspecified atom stereocenters. The fourth-order valence-electron chi connectivity index (χ4n) is 1.91. The molecule has 0 atom stereocenters. The van der Waals surface area contributed by atoms with Gasteiger partial charge in [0, 0.05) is 22.9 Å². The van der Waals surface area contributed by atoms with Crippen LogP contribution in [-0.4, -0.2) is 31.1 Å². The zero-order chi connectivity index (χ0) is 14.6. The van der Waals surface area contributed by atoms with Crippen LogP contribution >= 0.6 is 0 Å².